The highest BCUT2D eigenvalue weighted by Crippen LogP contribution is 2.15. The van der Waals surface area contributed by atoms with E-state index in [2.05, 4.69) is 4.90 Å². The van der Waals surface area contributed by atoms with Crippen molar-refractivity contribution >= 4 is 10.0 Å². The van der Waals surface area contributed by atoms with Gasteiger partial charge in [0.15, 0.2) is 0 Å². The van der Waals surface area contributed by atoms with Gasteiger partial charge in [0, 0.05) is 32.8 Å². The van der Waals surface area contributed by atoms with Gasteiger partial charge in [-0.15, -0.1) is 0 Å². The molecule has 0 N–H and O–H groups in total. The van der Waals surface area contributed by atoms with Gasteiger partial charge in [-0.2, -0.15) is 0 Å². The zero-order valence-corrected chi connectivity index (χ0v) is 12.7. The van der Waals surface area contributed by atoms with Gasteiger partial charge in [-0.1, -0.05) is 6.92 Å². The predicted molar refractivity (Wildman–Crippen MR) is 75.7 cm³/mol. The quantitative estimate of drug-likeness (QED) is 0.755. The monoisotopic (exact) mass is 290 g/mol. The Balaban J connectivity index is 1.83. The van der Waals surface area contributed by atoms with Crippen LogP contribution in [0.25, 0.3) is 0 Å². The third-order valence-electron chi connectivity index (χ3n) is 3.89. The van der Waals surface area contributed by atoms with Crippen LogP contribution >= 0.6 is 0 Å². The highest BCUT2D eigenvalue weighted by atomic mass is 32.2. The van der Waals surface area contributed by atoms with Gasteiger partial charge in [0.1, 0.15) is 0 Å². The summed E-state index contributed by atoms with van der Waals surface area (Å²) in [5, 5.41) is 0. The number of hydrogen-bond acceptors (Lipinski definition) is 4. The molecule has 6 heteroatoms. The van der Waals surface area contributed by atoms with Crippen LogP contribution < -0.4 is 0 Å². The molecule has 0 aromatic rings. The Kier molecular flexibility index (Phi) is 5.62. The number of hydrogen-bond donors (Lipinski definition) is 0. The van der Waals surface area contributed by atoms with E-state index in [0.29, 0.717) is 25.6 Å². The van der Waals surface area contributed by atoms with Crippen molar-refractivity contribution in [1.82, 2.24) is 9.21 Å². The summed E-state index contributed by atoms with van der Waals surface area (Å²) in [5.74, 6) is 0.277. The van der Waals surface area contributed by atoms with E-state index in [9.17, 15) is 8.42 Å². The number of nitrogens with zero attached hydrogens (tertiary/aromatic N) is 2. The Morgan fingerprint density at radius 1 is 1.16 bits per heavy atom. The molecule has 2 heterocycles. The molecule has 2 fully saturated rings. The second-order valence-corrected chi connectivity index (χ2v) is 7.59. The van der Waals surface area contributed by atoms with Crippen LogP contribution in [0.5, 0.6) is 0 Å². The second kappa shape index (κ2) is 7.02. The molecular formula is C13H26N2O3S. The van der Waals surface area contributed by atoms with Crippen LogP contribution in [0, 0.1) is 0 Å². The van der Waals surface area contributed by atoms with Crippen LogP contribution in [0.2, 0.25) is 0 Å². The lowest BCUT2D eigenvalue weighted by Gasteiger charge is -2.23. The molecule has 1 atom stereocenters. The van der Waals surface area contributed by atoms with Gasteiger partial charge in [-0.05, 0) is 32.2 Å². The topological polar surface area (TPSA) is 49.9 Å². The van der Waals surface area contributed by atoms with Crippen molar-refractivity contribution in [3.8, 4) is 0 Å². The van der Waals surface area contributed by atoms with E-state index in [1.807, 2.05) is 6.92 Å². The summed E-state index contributed by atoms with van der Waals surface area (Å²) in [6.45, 7) is 6.89. The first-order valence-electron chi connectivity index (χ1n) is 7.43. The van der Waals surface area contributed by atoms with Gasteiger partial charge >= 0.3 is 0 Å². The second-order valence-electron chi connectivity index (χ2n) is 5.50. The summed E-state index contributed by atoms with van der Waals surface area (Å²) in [4.78, 5) is 2.36. The Hall–Kier alpha value is -0.170. The number of ether oxygens (including phenoxy) is 1. The highest BCUT2D eigenvalue weighted by molar-refractivity contribution is 7.89. The fraction of sp³-hybridized carbons (Fsp3) is 1.00. The van der Waals surface area contributed by atoms with Gasteiger partial charge < -0.3 is 4.74 Å². The van der Waals surface area contributed by atoms with Crippen molar-refractivity contribution in [2.75, 3.05) is 45.1 Å². The molecule has 19 heavy (non-hydrogen) atoms. The summed E-state index contributed by atoms with van der Waals surface area (Å²) in [5.41, 5.74) is 0. The summed E-state index contributed by atoms with van der Waals surface area (Å²) in [6.07, 6.45) is 4.29. The molecule has 0 aromatic carbocycles. The SMILES string of the molecule is CCCS(=O)(=O)N1CCCN(CC2CCCO2)CC1. The van der Waals surface area contributed by atoms with Gasteiger partial charge in [-0.3, -0.25) is 4.90 Å². The maximum atomic E-state index is 12.1. The summed E-state index contributed by atoms with van der Waals surface area (Å²) in [6, 6.07) is 0. The first kappa shape index (κ1) is 15.2. The van der Waals surface area contributed by atoms with Crippen molar-refractivity contribution in [3.63, 3.8) is 0 Å². The van der Waals surface area contributed by atoms with Gasteiger partial charge in [0.05, 0.1) is 11.9 Å². The maximum Gasteiger partial charge on any atom is 0.214 e. The minimum absolute atomic E-state index is 0.277. The molecule has 1 unspecified atom stereocenters. The Bertz CT molecular complexity index is 366. The van der Waals surface area contributed by atoms with Gasteiger partial charge in [0.25, 0.3) is 0 Å². The smallest absolute Gasteiger partial charge is 0.214 e. The minimum Gasteiger partial charge on any atom is -0.377 e. The molecule has 2 rings (SSSR count). The van der Waals surface area contributed by atoms with Crippen LogP contribution in [0.3, 0.4) is 0 Å². The normalized spacial score (nSPS) is 27.5. The van der Waals surface area contributed by atoms with E-state index in [1.54, 1.807) is 4.31 Å². The molecule has 2 aliphatic heterocycles. The molecule has 0 radical (unpaired) electrons. The standard InChI is InChI=1S/C13H26N2O3S/c1-2-11-19(16,17)15-7-4-6-14(8-9-15)12-13-5-3-10-18-13/h13H,2-12H2,1H3. The average molecular weight is 290 g/mol. The first-order valence-corrected chi connectivity index (χ1v) is 9.04. The fourth-order valence-corrected chi connectivity index (χ4v) is 4.41. The molecule has 0 aromatic heterocycles. The number of sulfonamides is 1. The largest absolute Gasteiger partial charge is 0.377 e. The predicted octanol–water partition coefficient (Wildman–Crippen LogP) is 0.913. The van der Waals surface area contributed by atoms with Crippen LogP contribution in [0.4, 0.5) is 0 Å². The van der Waals surface area contributed by atoms with Crippen LogP contribution in [0.1, 0.15) is 32.6 Å². The molecule has 2 aliphatic rings. The molecular weight excluding hydrogens is 264 g/mol. The molecule has 0 saturated carbocycles. The third kappa shape index (κ3) is 4.41. The van der Waals surface area contributed by atoms with Crippen molar-refractivity contribution in [2.24, 2.45) is 0 Å². The molecule has 5 nitrogen and oxygen atoms in total. The fourth-order valence-electron chi connectivity index (χ4n) is 2.87. The lowest BCUT2D eigenvalue weighted by atomic mass is 10.2. The van der Waals surface area contributed by atoms with E-state index in [1.165, 1.54) is 0 Å². The molecule has 0 bridgehead atoms. The van der Waals surface area contributed by atoms with Crippen LogP contribution in [0.15, 0.2) is 0 Å². The first-order chi connectivity index (χ1) is 9.12. The lowest BCUT2D eigenvalue weighted by molar-refractivity contribution is 0.0749. The zero-order chi connectivity index (χ0) is 13.7. The van der Waals surface area contributed by atoms with Crippen molar-refractivity contribution in [3.05, 3.63) is 0 Å². The minimum atomic E-state index is -3.03. The summed E-state index contributed by atoms with van der Waals surface area (Å²) in [7, 11) is -3.03. The third-order valence-corrected chi connectivity index (χ3v) is 5.96. The van der Waals surface area contributed by atoms with E-state index in [-0.39, 0.29) is 5.75 Å². The van der Waals surface area contributed by atoms with E-state index in [0.717, 1.165) is 45.5 Å². The van der Waals surface area contributed by atoms with E-state index < -0.39 is 10.0 Å². The Labute approximate surface area is 117 Å². The Morgan fingerprint density at radius 2 is 2.00 bits per heavy atom. The summed E-state index contributed by atoms with van der Waals surface area (Å²) >= 11 is 0. The highest BCUT2D eigenvalue weighted by Gasteiger charge is 2.26. The van der Waals surface area contributed by atoms with Crippen LogP contribution in [-0.2, 0) is 14.8 Å². The van der Waals surface area contributed by atoms with Crippen LogP contribution in [-0.4, -0.2) is 68.8 Å². The van der Waals surface area contributed by atoms with Gasteiger partial charge in [0.2, 0.25) is 10.0 Å². The zero-order valence-electron chi connectivity index (χ0n) is 11.9. The molecule has 112 valence electrons. The molecule has 0 spiro atoms. The van der Waals surface area contributed by atoms with Crippen molar-refractivity contribution < 1.29 is 13.2 Å². The summed E-state index contributed by atoms with van der Waals surface area (Å²) < 4.78 is 31.5. The molecule has 0 aliphatic carbocycles. The molecule has 0 amide bonds. The Morgan fingerprint density at radius 3 is 2.68 bits per heavy atom. The maximum absolute atomic E-state index is 12.1. The average Bonchev–Trinajstić information content (AvgIpc) is 2.73. The van der Waals surface area contributed by atoms with E-state index in [4.69, 9.17) is 4.74 Å². The van der Waals surface area contributed by atoms with E-state index >= 15 is 0 Å². The lowest BCUT2D eigenvalue weighted by Crippen LogP contribution is -2.38. The van der Waals surface area contributed by atoms with Gasteiger partial charge in [-0.25, -0.2) is 12.7 Å². The van der Waals surface area contributed by atoms with Crippen molar-refractivity contribution in [2.45, 2.75) is 38.7 Å². The molecule has 2 saturated heterocycles. The number of rotatable bonds is 5. The van der Waals surface area contributed by atoms with Crippen molar-refractivity contribution in [1.29, 1.82) is 0 Å².